The average Bonchev–Trinajstić information content (AvgIpc) is 2.52. The fourth-order valence-corrected chi connectivity index (χ4v) is 3.13. The van der Waals surface area contributed by atoms with Crippen molar-refractivity contribution in [1.29, 1.82) is 0 Å². The van der Waals surface area contributed by atoms with Gasteiger partial charge in [-0.15, -0.1) is 0 Å². The van der Waals surface area contributed by atoms with Gasteiger partial charge < -0.3 is 14.7 Å². The molecule has 0 aliphatic heterocycles. The third kappa shape index (κ3) is 3.17. The summed E-state index contributed by atoms with van der Waals surface area (Å²) in [5, 5.41) is 11.4. The van der Waals surface area contributed by atoms with E-state index in [0.717, 1.165) is 10.8 Å². The minimum atomic E-state index is -0.181. The molecule has 2 aromatic carbocycles. The second-order valence-corrected chi connectivity index (χ2v) is 6.22. The second-order valence-electron chi connectivity index (χ2n) is 6.22. The summed E-state index contributed by atoms with van der Waals surface area (Å²) in [6, 6.07) is 9.55. The van der Waals surface area contributed by atoms with Crippen LogP contribution in [0.3, 0.4) is 0 Å². The first-order valence-electron chi connectivity index (χ1n) is 7.94. The monoisotopic (exact) mass is 315 g/mol. The van der Waals surface area contributed by atoms with Gasteiger partial charge >= 0.3 is 0 Å². The lowest BCUT2D eigenvalue weighted by molar-refractivity contribution is 0.0642. The van der Waals surface area contributed by atoms with Crippen molar-refractivity contribution < 1.29 is 14.6 Å². The summed E-state index contributed by atoms with van der Waals surface area (Å²) >= 11 is 0. The van der Waals surface area contributed by atoms with Crippen LogP contribution in [0.25, 0.3) is 10.8 Å². The molecule has 0 heterocycles. The van der Waals surface area contributed by atoms with Crippen LogP contribution in [0.15, 0.2) is 30.3 Å². The number of methoxy groups -OCH3 is 1. The second kappa shape index (κ2) is 7.01. The molecule has 0 aliphatic carbocycles. The Balaban J connectivity index is 2.77. The number of nitrogens with zero attached hydrogens (tertiary/aromatic N) is 1. The fourth-order valence-electron chi connectivity index (χ4n) is 3.13. The van der Waals surface area contributed by atoms with Gasteiger partial charge in [-0.1, -0.05) is 24.3 Å². The number of aliphatic hydroxyl groups excluding tert-OH is 1. The van der Waals surface area contributed by atoms with Gasteiger partial charge in [-0.25, -0.2) is 0 Å². The first-order chi connectivity index (χ1) is 10.9. The largest absolute Gasteiger partial charge is 0.496 e. The Morgan fingerprint density at radius 3 is 2.30 bits per heavy atom. The average molecular weight is 315 g/mol. The Kier molecular flexibility index (Phi) is 5.26. The van der Waals surface area contributed by atoms with Gasteiger partial charge in [0.1, 0.15) is 5.75 Å². The number of hydrogen-bond acceptors (Lipinski definition) is 3. The number of hydrogen-bond donors (Lipinski definition) is 1. The standard InChI is InChI=1S/C19H25NO3/c1-12(2)20(13(3)4)19(22)18-15(11-21)10-9-14-7-6-8-16(23-5)17(14)18/h6-10,12-13,21H,11H2,1-5H3. The van der Waals surface area contributed by atoms with E-state index in [9.17, 15) is 9.90 Å². The lowest BCUT2D eigenvalue weighted by Gasteiger charge is -2.32. The van der Waals surface area contributed by atoms with Crippen molar-refractivity contribution in [2.75, 3.05) is 7.11 Å². The summed E-state index contributed by atoms with van der Waals surface area (Å²) in [4.78, 5) is 15.1. The molecule has 4 heteroatoms. The fraction of sp³-hybridized carbons (Fsp3) is 0.421. The first kappa shape index (κ1) is 17.3. The summed E-state index contributed by atoms with van der Waals surface area (Å²) in [5.41, 5.74) is 1.16. The minimum Gasteiger partial charge on any atom is -0.496 e. The number of ether oxygens (including phenoxy) is 1. The number of fused-ring (bicyclic) bond motifs is 1. The first-order valence-corrected chi connectivity index (χ1v) is 7.94. The molecule has 0 saturated carbocycles. The Morgan fingerprint density at radius 2 is 1.78 bits per heavy atom. The van der Waals surface area contributed by atoms with E-state index in [1.165, 1.54) is 0 Å². The zero-order valence-electron chi connectivity index (χ0n) is 14.5. The summed E-state index contributed by atoms with van der Waals surface area (Å²) < 4.78 is 5.47. The number of benzene rings is 2. The van der Waals surface area contributed by atoms with Crippen LogP contribution in [0.4, 0.5) is 0 Å². The highest BCUT2D eigenvalue weighted by atomic mass is 16.5. The lowest BCUT2D eigenvalue weighted by Crippen LogP contribution is -2.42. The van der Waals surface area contributed by atoms with Crippen molar-refractivity contribution in [1.82, 2.24) is 4.90 Å². The van der Waals surface area contributed by atoms with E-state index in [2.05, 4.69) is 0 Å². The minimum absolute atomic E-state index is 0.0685. The van der Waals surface area contributed by atoms with E-state index >= 15 is 0 Å². The van der Waals surface area contributed by atoms with Crippen molar-refractivity contribution >= 4 is 16.7 Å². The molecule has 0 aromatic heterocycles. The maximum absolute atomic E-state index is 13.2. The predicted molar refractivity (Wildman–Crippen MR) is 92.9 cm³/mol. The number of carbonyl (C=O) groups is 1. The molecule has 2 aromatic rings. The highest BCUT2D eigenvalue weighted by Crippen LogP contribution is 2.32. The molecule has 124 valence electrons. The summed E-state index contributed by atoms with van der Waals surface area (Å²) in [6.07, 6.45) is 0. The zero-order chi connectivity index (χ0) is 17.1. The maximum Gasteiger partial charge on any atom is 0.255 e. The summed E-state index contributed by atoms with van der Waals surface area (Å²) in [5.74, 6) is 0.572. The molecule has 0 radical (unpaired) electrons. The van der Waals surface area contributed by atoms with Gasteiger partial charge in [0.2, 0.25) is 0 Å². The van der Waals surface area contributed by atoms with Gasteiger partial charge in [-0.05, 0) is 44.7 Å². The Labute approximate surface area is 137 Å². The van der Waals surface area contributed by atoms with Crippen molar-refractivity contribution in [3.05, 3.63) is 41.5 Å². The molecule has 1 amide bonds. The van der Waals surface area contributed by atoms with Crippen LogP contribution >= 0.6 is 0 Å². The van der Waals surface area contributed by atoms with Crippen LogP contribution in [-0.2, 0) is 6.61 Å². The van der Waals surface area contributed by atoms with Crippen molar-refractivity contribution in [3.63, 3.8) is 0 Å². The molecule has 0 saturated heterocycles. The van der Waals surface area contributed by atoms with Gasteiger partial charge in [0.15, 0.2) is 0 Å². The molecule has 23 heavy (non-hydrogen) atoms. The molecule has 0 unspecified atom stereocenters. The Bertz CT molecular complexity index is 699. The quantitative estimate of drug-likeness (QED) is 0.917. The maximum atomic E-state index is 13.2. The third-order valence-electron chi connectivity index (χ3n) is 4.04. The van der Waals surface area contributed by atoms with E-state index in [0.29, 0.717) is 16.9 Å². The Morgan fingerprint density at radius 1 is 1.13 bits per heavy atom. The number of amides is 1. The van der Waals surface area contributed by atoms with Crippen LogP contribution in [0.1, 0.15) is 43.6 Å². The Hall–Kier alpha value is -2.07. The van der Waals surface area contributed by atoms with E-state index in [4.69, 9.17) is 4.74 Å². The number of aliphatic hydroxyl groups is 1. The van der Waals surface area contributed by atoms with Crippen LogP contribution in [-0.4, -0.2) is 35.1 Å². The van der Waals surface area contributed by atoms with E-state index < -0.39 is 0 Å². The molecular formula is C19H25NO3. The van der Waals surface area contributed by atoms with Crippen LogP contribution in [0.2, 0.25) is 0 Å². The van der Waals surface area contributed by atoms with Gasteiger partial charge in [-0.2, -0.15) is 0 Å². The van der Waals surface area contributed by atoms with Crippen molar-refractivity contribution in [3.8, 4) is 5.75 Å². The molecule has 4 nitrogen and oxygen atoms in total. The normalized spacial score (nSPS) is 11.3. The van der Waals surface area contributed by atoms with Crippen molar-refractivity contribution in [2.24, 2.45) is 0 Å². The molecule has 2 rings (SSSR count). The molecule has 0 aliphatic rings. The van der Waals surface area contributed by atoms with E-state index in [1.54, 1.807) is 7.11 Å². The van der Waals surface area contributed by atoms with Gasteiger partial charge in [0.05, 0.1) is 19.3 Å². The molecule has 0 spiro atoms. The van der Waals surface area contributed by atoms with Gasteiger partial charge in [0, 0.05) is 17.5 Å². The highest BCUT2D eigenvalue weighted by molar-refractivity contribution is 6.10. The zero-order valence-corrected chi connectivity index (χ0v) is 14.5. The van der Waals surface area contributed by atoms with Crippen LogP contribution in [0, 0.1) is 0 Å². The van der Waals surface area contributed by atoms with E-state index in [1.807, 2.05) is 62.9 Å². The van der Waals surface area contributed by atoms with Gasteiger partial charge in [-0.3, -0.25) is 4.79 Å². The van der Waals surface area contributed by atoms with Crippen LogP contribution < -0.4 is 4.74 Å². The topological polar surface area (TPSA) is 49.8 Å². The predicted octanol–water partition coefficient (Wildman–Crippen LogP) is 3.60. The van der Waals surface area contributed by atoms with Crippen LogP contribution in [0.5, 0.6) is 5.75 Å². The third-order valence-corrected chi connectivity index (χ3v) is 4.04. The number of carbonyl (C=O) groups excluding carboxylic acids is 1. The molecule has 0 bridgehead atoms. The lowest BCUT2D eigenvalue weighted by atomic mass is 9.96. The molecular weight excluding hydrogens is 290 g/mol. The smallest absolute Gasteiger partial charge is 0.255 e. The molecule has 0 atom stereocenters. The van der Waals surface area contributed by atoms with Gasteiger partial charge in [0.25, 0.3) is 5.91 Å². The number of rotatable bonds is 5. The van der Waals surface area contributed by atoms with Crippen molar-refractivity contribution in [2.45, 2.75) is 46.4 Å². The molecule has 1 N–H and O–H groups in total. The van der Waals surface area contributed by atoms with E-state index in [-0.39, 0.29) is 24.6 Å². The summed E-state index contributed by atoms with van der Waals surface area (Å²) in [7, 11) is 1.59. The SMILES string of the molecule is COc1cccc2ccc(CO)c(C(=O)N(C(C)C)C(C)C)c12. The summed E-state index contributed by atoms with van der Waals surface area (Å²) in [6.45, 7) is 7.81. The molecule has 0 fully saturated rings. The highest BCUT2D eigenvalue weighted by Gasteiger charge is 2.26.